The normalized spacial score (nSPS) is 11.6. The molecule has 2 aromatic rings. The van der Waals surface area contributed by atoms with Crippen LogP contribution in [-0.2, 0) is 6.54 Å². The van der Waals surface area contributed by atoms with Gasteiger partial charge in [-0.15, -0.1) is 24.0 Å². The molecule has 0 aliphatic rings. The van der Waals surface area contributed by atoms with Gasteiger partial charge < -0.3 is 20.1 Å². The summed E-state index contributed by atoms with van der Waals surface area (Å²) in [6.45, 7) is 9.04. The van der Waals surface area contributed by atoms with Gasteiger partial charge in [-0.1, -0.05) is 19.1 Å². The molecular weight excluding hydrogens is 427 g/mol. The number of rotatable bonds is 8. The number of para-hydroxylation sites is 2. The van der Waals surface area contributed by atoms with Crippen LogP contribution in [-0.4, -0.2) is 60.7 Å². The molecule has 0 saturated heterocycles. The van der Waals surface area contributed by atoms with Gasteiger partial charge in [0.05, 0.1) is 11.0 Å². The molecule has 0 radical (unpaired) electrons. The maximum Gasteiger partial charge on any atom is 0.191 e. The lowest BCUT2D eigenvalue weighted by Gasteiger charge is -2.16. The number of fused-ring (bicyclic) bond motifs is 1. The summed E-state index contributed by atoms with van der Waals surface area (Å²) in [5, 5.41) is 6.73. The number of nitrogens with one attached hydrogen (secondary N) is 2. The van der Waals surface area contributed by atoms with Crippen LogP contribution in [0.5, 0.6) is 0 Å². The average molecular weight is 458 g/mol. The number of hydrogen-bond donors (Lipinski definition) is 2. The van der Waals surface area contributed by atoms with Crippen molar-refractivity contribution in [1.29, 1.82) is 0 Å². The van der Waals surface area contributed by atoms with Crippen LogP contribution < -0.4 is 10.6 Å². The Labute approximate surface area is 168 Å². The van der Waals surface area contributed by atoms with E-state index in [4.69, 9.17) is 0 Å². The Morgan fingerprint density at radius 2 is 1.96 bits per heavy atom. The molecule has 0 unspecified atom stereocenters. The van der Waals surface area contributed by atoms with Crippen molar-refractivity contribution >= 4 is 41.0 Å². The van der Waals surface area contributed by atoms with Crippen molar-refractivity contribution in [2.24, 2.45) is 4.99 Å². The van der Waals surface area contributed by atoms with Crippen molar-refractivity contribution in [3.8, 4) is 0 Å². The Kier molecular flexibility index (Phi) is 9.81. The molecule has 7 heteroatoms. The van der Waals surface area contributed by atoms with Crippen LogP contribution in [0.25, 0.3) is 11.0 Å². The van der Waals surface area contributed by atoms with Crippen molar-refractivity contribution < 1.29 is 0 Å². The van der Waals surface area contributed by atoms with Gasteiger partial charge >= 0.3 is 0 Å². The van der Waals surface area contributed by atoms with Crippen molar-refractivity contribution in [2.45, 2.75) is 26.8 Å². The molecule has 1 aromatic carbocycles. The first kappa shape index (κ1) is 21.7. The molecule has 1 aromatic heterocycles. The van der Waals surface area contributed by atoms with E-state index in [1.54, 1.807) is 0 Å². The second kappa shape index (κ2) is 11.3. The van der Waals surface area contributed by atoms with E-state index in [-0.39, 0.29) is 24.0 Å². The number of aromatic nitrogens is 2. The Morgan fingerprint density at radius 3 is 2.68 bits per heavy atom. The van der Waals surface area contributed by atoms with Crippen molar-refractivity contribution in [2.75, 3.05) is 40.3 Å². The summed E-state index contributed by atoms with van der Waals surface area (Å²) in [4.78, 5) is 11.2. The number of aliphatic imine (C=N–C) groups is 1. The van der Waals surface area contributed by atoms with Gasteiger partial charge in [0.1, 0.15) is 5.82 Å². The zero-order chi connectivity index (χ0) is 17.4. The van der Waals surface area contributed by atoms with Crippen molar-refractivity contribution in [3.63, 3.8) is 0 Å². The van der Waals surface area contributed by atoms with Gasteiger partial charge in [-0.05, 0) is 39.1 Å². The highest BCUT2D eigenvalue weighted by molar-refractivity contribution is 14.0. The van der Waals surface area contributed by atoms with E-state index in [1.165, 1.54) is 5.52 Å². The smallest absolute Gasteiger partial charge is 0.191 e. The van der Waals surface area contributed by atoms with Gasteiger partial charge in [-0.2, -0.15) is 0 Å². The molecule has 25 heavy (non-hydrogen) atoms. The van der Waals surface area contributed by atoms with E-state index in [1.807, 2.05) is 13.1 Å². The zero-order valence-electron chi connectivity index (χ0n) is 15.7. The minimum absolute atomic E-state index is 0. The topological polar surface area (TPSA) is 57.5 Å². The highest BCUT2D eigenvalue weighted by Gasteiger charge is 2.06. The Morgan fingerprint density at radius 1 is 1.24 bits per heavy atom. The van der Waals surface area contributed by atoms with Crippen LogP contribution in [0.3, 0.4) is 0 Å². The molecule has 0 spiro atoms. The number of aryl methyl sites for hydroxylation is 2. The summed E-state index contributed by atoms with van der Waals surface area (Å²) in [5.74, 6) is 1.94. The highest BCUT2D eigenvalue weighted by Crippen LogP contribution is 2.15. The molecule has 2 N–H and O–H groups in total. The molecular formula is C18H31IN6. The number of hydrogen-bond acceptors (Lipinski definition) is 3. The molecule has 1 heterocycles. The summed E-state index contributed by atoms with van der Waals surface area (Å²) in [6, 6.07) is 8.30. The molecule has 0 aliphatic heterocycles. The number of halogens is 1. The summed E-state index contributed by atoms with van der Waals surface area (Å²) < 4.78 is 2.28. The fraction of sp³-hybridized carbons (Fsp3) is 0.556. The predicted molar refractivity (Wildman–Crippen MR) is 117 cm³/mol. The van der Waals surface area contributed by atoms with E-state index in [2.05, 4.69) is 69.2 Å². The fourth-order valence-electron chi connectivity index (χ4n) is 2.67. The van der Waals surface area contributed by atoms with Crippen LogP contribution in [0.15, 0.2) is 29.3 Å². The Hall–Kier alpha value is -1.35. The van der Waals surface area contributed by atoms with Gasteiger partial charge in [0, 0.05) is 33.2 Å². The minimum Gasteiger partial charge on any atom is -0.356 e. The number of likely N-dealkylation sites (N-methyl/N-ethyl adjacent to an activating group) is 1. The van der Waals surface area contributed by atoms with Gasteiger partial charge in [-0.25, -0.2) is 4.98 Å². The van der Waals surface area contributed by atoms with E-state index < -0.39 is 0 Å². The second-order valence-corrected chi connectivity index (χ2v) is 5.97. The number of benzene rings is 1. The first-order chi connectivity index (χ1) is 11.7. The standard InChI is InChI=1S/C18H30N6.HI/c1-5-23(4)14-12-21-18(19-3)20-11-8-13-24-15(2)22-16-9-6-7-10-17(16)24;/h6-7,9-10H,5,8,11-14H2,1-4H3,(H2,19,20,21);1H. The average Bonchev–Trinajstić information content (AvgIpc) is 2.92. The number of guanidine groups is 1. The Bertz CT molecular complexity index is 667. The molecule has 0 bridgehead atoms. The maximum absolute atomic E-state index is 4.61. The van der Waals surface area contributed by atoms with E-state index in [0.717, 1.165) is 56.4 Å². The maximum atomic E-state index is 4.61. The molecule has 140 valence electrons. The molecule has 0 saturated carbocycles. The molecule has 6 nitrogen and oxygen atoms in total. The molecule has 0 atom stereocenters. The molecule has 0 fully saturated rings. The SMILES string of the molecule is CCN(C)CCNC(=NC)NCCCn1c(C)nc2ccccc21.I. The van der Waals surface area contributed by atoms with Crippen LogP contribution in [0.1, 0.15) is 19.2 Å². The summed E-state index contributed by atoms with van der Waals surface area (Å²) >= 11 is 0. The lowest BCUT2D eigenvalue weighted by Crippen LogP contribution is -2.41. The lowest BCUT2D eigenvalue weighted by atomic mass is 10.3. The molecule has 2 rings (SSSR count). The van der Waals surface area contributed by atoms with Gasteiger partial charge in [0.25, 0.3) is 0 Å². The van der Waals surface area contributed by atoms with Crippen molar-refractivity contribution in [3.05, 3.63) is 30.1 Å². The lowest BCUT2D eigenvalue weighted by molar-refractivity contribution is 0.357. The summed E-state index contributed by atoms with van der Waals surface area (Å²) in [7, 11) is 3.93. The second-order valence-electron chi connectivity index (χ2n) is 5.97. The van der Waals surface area contributed by atoms with Crippen molar-refractivity contribution in [1.82, 2.24) is 25.1 Å². The summed E-state index contributed by atoms with van der Waals surface area (Å²) in [5.41, 5.74) is 2.28. The van der Waals surface area contributed by atoms with Gasteiger partial charge in [0.15, 0.2) is 5.96 Å². The van der Waals surface area contributed by atoms with E-state index in [9.17, 15) is 0 Å². The first-order valence-electron chi connectivity index (χ1n) is 8.70. The van der Waals surface area contributed by atoms with E-state index >= 15 is 0 Å². The first-order valence-corrected chi connectivity index (χ1v) is 8.70. The van der Waals surface area contributed by atoms with Crippen LogP contribution in [0.4, 0.5) is 0 Å². The monoisotopic (exact) mass is 458 g/mol. The van der Waals surface area contributed by atoms with E-state index in [0.29, 0.717) is 0 Å². The third kappa shape index (κ3) is 6.47. The largest absolute Gasteiger partial charge is 0.356 e. The predicted octanol–water partition coefficient (Wildman–Crippen LogP) is 2.47. The third-order valence-electron chi connectivity index (χ3n) is 4.25. The molecule has 0 aliphatic carbocycles. The van der Waals surface area contributed by atoms with Crippen LogP contribution in [0, 0.1) is 6.92 Å². The van der Waals surface area contributed by atoms with Crippen LogP contribution >= 0.6 is 24.0 Å². The minimum atomic E-state index is 0. The summed E-state index contributed by atoms with van der Waals surface area (Å²) in [6.07, 6.45) is 1.02. The van der Waals surface area contributed by atoms with Gasteiger partial charge in [0.2, 0.25) is 0 Å². The van der Waals surface area contributed by atoms with Crippen LogP contribution in [0.2, 0.25) is 0 Å². The Balaban J connectivity index is 0.00000312. The number of imidazole rings is 1. The molecule has 0 amide bonds. The zero-order valence-corrected chi connectivity index (χ0v) is 18.1. The highest BCUT2D eigenvalue weighted by atomic mass is 127. The quantitative estimate of drug-likeness (QED) is 0.276. The third-order valence-corrected chi connectivity index (χ3v) is 4.25. The fourth-order valence-corrected chi connectivity index (χ4v) is 2.67. The number of nitrogens with zero attached hydrogens (tertiary/aromatic N) is 4. The van der Waals surface area contributed by atoms with Gasteiger partial charge in [-0.3, -0.25) is 4.99 Å².